The number of thiazole rings is 1. The number of ketones is 1. The number of hydrogen-bond donors (Lipinski definition) is 0. The Morgan fingerprint density at radius 2 is 2.31 bits per heavy atom. The van der Waals surface area contributed by atoms with Crippen molar-refractivity contribution in [2.45, 2.75) is 6.42 Å². The molecule has 0 N–H and O–H groups in total. The van der Waals surface area contributed by atoms with Crippen molar-refractivity contribution in [2.24, 2.45) is 0 Å². The monoisotopic (exact) mass is 255 g/mol. The molecule has 2 nitrogen and oxygen atoms in total. The minimum absolute atomic E-state index is 0.0698. The van der Waals surface area contributed by atoms with Gasteiger partial charge in [-0.3, -0.25) is 4.79 Å². The van der Waals surface area contributed by atoms with Crippen LogP contribution in [0.3, 0.4) is 0 Å². The van der Waals surface area contributed by atoms with E-state index in [1.165, 1.54) is 29.5 Å². The van der Waals surface area contributed by atoms with Gasteiger partial charge in [0.25, 0.3) is 0 Å². The molecule has 5 heteroatoms. The van der Waals surface area contributed by atoms with Crippen LogP contribution in [0, 0.1) is 5.82 Å². The maximum absolute atomic E-state index is 13.0. The third-order valence-corrected chi connectivity index (χ3v) is 3.03. The SMILES string of the molecule is O=C(Cc1cc(F)ccc1Cl)c1cscn1. The average molecular weight is 256 g/mol. The highest BCUT2D eigenvalue weighted by molar-refractivity contribution is 7.07. The molecule has 0 aliphatic heterocycles. The van der Waals surface area contributed by atoms with Crippen LogP contribution in [0.5, 0.6) is 0 Å². The molecule has 82 valence electrons. The highest BCUT2D eigenvalue weighted by Crippen LogP contribution is 2.19. The van der Waals surface area contributed by atoms with Gasteiger partial charge >= 0.3 is 0 Å². The van der Waals surface area contributed by atoms with Crippen LogP contribution in [0.25, 0.3) is 0 Å². The van der Waals surface area contributed by atoms with Gasteiger partial charge in [0.1, 0.15) is 11.5 Å². The number of Topliss-reactive ketones (excluding diaryl/α,β-unsaturated/α-hetero) is 1. The normalized spacial score (nSPS) is 10.4. The Morgan fingerprint density at radius 3 is 3.00 bits per heavy atom. The lowest BCUT2D eigenvalue weighted by atomic mass is 10.1. The number of rotatable bonds is 3. The Balaban J connectivity index is 2.21. The molecule has 0 spiro atoms. The summed E-state index contributed by atoms with van der Waals surface area (Å²) in [4.78, 5) is 15.6. The standard InChI is InChI=1S/C11H7ClFNOS/c12-9-2-1-8(13)3-7(9)4-11(15)10-5-16-6-14-10/h1-3,5-6H,4H2. The van der Waals surface area contributed by atoms with E-state index < -0.39 is 5.82 Å². The van der Waals surface area contributed by atoms with Crippen molar-refractivity contribution in [3.8, 4) is 0 Å². The Morgan fingerprint density at radius 1 is 1.50 bits per heavy atom. The zero-order valence-electron chi connectivity index (χ0n) is 8.11. The average Bonchev–Trinajstić information content (AvgIpc) is 2.76. The number of carbonyl (C=O) groups excluding carboxylic acids is 1. The van der Waals surface area contributed by atoms with Crippen LogP contribution >= 0.6 is 22.9 Å². The molecule has 0 bridgehead atoms. The van der Waals surface area contributed by atoms with Crippen molar-refractivity contribution in [3.05, 3.63) is 51.2 Å². The van der Waals surface area contributed by atoms with Gasteiger partial charge in [-0.15, -0.1) is 11.3 Å². The van der Waals surface area contributed by atoms with E-state index in [-0.39, 0.29) is 12.2 Å². The van der Waals surface area contributed by atoms with Crippen LogP contribution in [0.2, 0.25) is 5.02 Å². The number of hydrogen-bond acceptors (Lipinski definition) is 3. The second-order valence-electron chi connectivity index (χ2n) is 3.21. The molecular formula is C11H7ClFNOS. The first-order chi connectivity index (χ1) is 7.66. The Labute approximate surface area is 101 Å². The first-order valence-electron chi connectivity index (χ1n) is 4.52. The molecule has 1 aromatic heterocycles. The molecular weight excluding hydrogens is 249 g/mol. The molecule has 0 radical (unpaired) electrons. The van der Waals surface area contributed by atoms with Gasteiger partial charge in [-0.25, -0.2) is 9.37 Å². The third kappa shape index (κ3) is 2.46. The summed E-state index contributed by atoms with van der Waals surface area (Å²) < 4.78 is 13.0. The van der Waals surface area contributed by atoms with E-state index >= 15 is 0 Å². The number of aromatic nitrogens is 1. The molecule has 2 aromatic rings. The van der Waals surface area contributed by atoms with Crippen LogP contribution in [0.1, 0.15) is 16.1 Å². The molecule has 0 saturated carbocycles. The van der Waals surface area contributed by atoms with Crippen molar-refractivity contribution in [1.82, 2.24) is 4.98 Å². The van der Waals surface area contributed by atoms with Gasteiger partial charge in [0.15, 0.2) is 5.78 Å². The van der Waals surface area contributed by atoms with Crippen LogP contribution in [-0.4, -0.2) is 10.8 Å². The largest absolute Gasteiger partial charge is 0.292 e. The van der Waals surface area contributed by atoms with Crippen LogP contribution in [0.4, 0.5) is 4.39 Å². The van der Waals surface area contributed by atoms with Gasteiger partial charge in [0, 0.05) is 16.8 Å². The summed E-state index contributed by atoms with van der Waals surface area (Å²) in [5.41, 5.74) is 2.46. The van der Waals surface area contributed by atoms with Crippen molar-refractivity contribution in [3.63, 3.8) is 0 Å². The van der Waals surface area contributed by atoms with Crippen LogP contribution < -0.4 is 0 Å². The van der Waals surface area contributed by atoms with Gasteiger partial charge in [0.2, 0.25) is 0 Å². The molecule has 2 rings (SSSR count). The van der Waals surface area contributed by atoms with Crippen molar-refractivity contribution < 1.29 is 9.18 Å². The number of halogens is 2. The lowest BCUT2D eigenvalue weighted by molar-refractivity contribution is 0.0989. The molecule has 16 heavy (non-hydrogen) atoms. The second kappa shape index (κ2) is 4.72. The third-order valence-electron chi connectivity index (χ3n) is 2.08. The Hall–Kier alpha value is -1.26. The summed E-state index contributed by atoms with van der Waals surface area (Å²) in [6.45, 7) is 0. The molecule has 0 amide bonds. The first-order valence-corrected chi connectivity index (χ1v) is 5.84. The zero-order chi connectivity index (χ0) is 11.5. The molecule has 0 fully saturated rings. The smallest absolute Gasteiger partial charge is 0.186 e. The predicted molar refractivity (Wildman–Crippen MR) is 61.6 cm³/mol. The predicted octanol–water partition coefficient (Wildman–Crippen LogP) is 3.36. The Bertz CT molecular complexity index is 513. The van der Waals surface area contributed by atoms with Gasteiger partial charge in [-0.1, -0.05) is 11.6 Å². The van der Waals surface area contributed by atoms with Crippen molar-refractivity contribution in [2.75, 3.05) is 0 Å². The van der Waals surface area contributed by atoms with Gasteiger partial charge in [-0.05, 0) is 23.8 Å². The highest BCUT2D eigenvalue weighted by Gasteiger charge is 2.11. The number of nitrogens with zero attached hydrogens (tertiary/aromatic N) is 1. The van der Waals surface area contributed by atoms with Gasteiger partial charge in [0.05, 0.1) is 5.51 Å². The molecule has 0 aliphatic rings. The summed E-state index contributed by atoms with van der Waals surface area (Å²) in [5, 5.41) is 2.06. The summed E-state index contributed by atoms with van der Waals surface area (Å²) in [6, 6.07) is 3.98. The zero-order valence-corrected chi connectivity index (χ0v) is 9.69. The van der Waals surface area contributed by atoms with Crippen LogP contribution in [-0.2, 0) is 6.42 Å². The highest BCUT2D eigenvalue weighted by atomic mass is 35.5. The summed E-state index contributed by atoms with van der Waals surface area (Å²) in [6.07, 6.45) is 0.0698. The lowest BCUT2D eigenvalue weighted by Gasteiger charge is -2.02. The summed E-state index contributed by atoms with van der Waals surface area (Å²) in [5.74, 6) is -0.556. The topological polar surface area (TPSA) is 30.0 Å². The van der Waals surface area contributed by atoms with E-state index in [4.69, 9.17) is 11.6 Å². The molecule has 1 heterocycles. The van der Waals surface area contributed by atoms with Gasteiger partial charge < -0.3 is 0 Å². The molecule has 0 aliphatic carbocycles. The van der Waals surface area contributed by atoms with Crippen molar-refractivity contribution >= 4 is 28.7 Å². The fourth-order valence-corrected chi connectivity index (χ4v) is 2.03. The van der Waals surface area contributed by atoms with E-state index in [0.29, 0.717) is 16.3 Å². The summed E-state index contributed by atoms with van der Waals surface area (Å²) in [7, 11) is 0. The quantitative estimate of drug-likeness (QED) is 0.787. The van der Waals surface area contributed by atoms with E-state index in [1.807, 2.05) is 0 Å². The number of carbonyl (C=O) groups is 1. The maximum Gasteiger partial charge on any atom is 0.186 e. The van der Waals surface area contributed by atoms with Crippen molar-refractivity contribution in [1.29, 1.82) is 0 Å². The fraction of sp³-hybridized carbons (Fsp3) is 0.0909. The first kappa shape index (κ1) is 11.2. The molecule has 0 atom stereocenters. The van der Waals surface area contributed by atoms with Gasteiger partial charge in [-0.2, -0.15) is 0 Å². The van der Waals surface area contributed by atoms with Crippen LogP contribution in [0.15, 0.2) is 29.1 Å². The lowest BCUT2D eigenvalue weighted by Crippen LogP contribution is -2.04. The van der Waals surface area contributed by atoms with E-state index in [0.717, 1.165) is 0 Å². The van der Waals surface area contributed by atoms with E-state index in [2.05, 4.69) is 4.98 Å². The minimum Gasteiger partial charge on any atom is -0.292 e. The summed E-state index contributed by atoms with van der Waals surface area (Å²) >= 11 is 7.21. The Kier molecular flexibility index (Phi) is 3.31. The van der Waals surface area contributed by atoms with E-state index in [9.17, 15) is 9.18 Å². The molecule has 0 unspecified atom stereocenters. The fourth-order valence-electron chi connectivity index (χ4n) is 1.29. The molecule has 1 aromatic carbocycles. The van der Waals surface area contributed by atoms with E-state index in [1.54, 1.807) is 10.9 Å². The minimum atomic E-state index is -0.398. The second-order valence-corrected chi connectivity index (χ2v) is 4.34. The molecule has 0 saturated heterocycles. The number of benzene rings is 1. The maximum atomic E-state index is 13.0.